The van der Waals surface area contributed by atoms with E-state index in [1.165, 1.54) is 17.2 Å². The van der Waals surface area contributed by atoms with E-state index in [2.05, 4.69) is 21.5 Å². The molecule has 1 fully saturated rings. The number of hydrogen-bond donors (Lipinski definition) is 2. The molecule has 2 aliphatic rings. The molecule has 0 radical (unpaired) electrons. The number of likely N-dealkylation sites (N-methyl/N-ethyl adjacent to an activating group) is 1. The van der Waals surface area contributed by atoms with Crippen LogP contribution in [0, 0.1) is 23.0 Å². The standard InChI is InChI=1S/C36H33ClF8N8O2S/c1-16(23-5-4-10-52(23)3)55-34-50-29-26-30(27(36(43,44)45)25(28(29)39)19-6-7-22(38)31(21(19)14-46)56-17(2)47)54-12-11-53(33(26)51-34)24(8-9-35(40,41)42)20-13-18(37)15-49-32(20)48/h6-7,13,15-16,23-24H,2,4-5,8-12,47H2,1,3H3,(H2,48,49)/t16?,23?,24-/m1/s1. The minimum absolute atomic E-state index is 0.00225. The van der Waals surface area contributed by atoms with Crippen LogP contribution in [0.1, 0.15) is 55.3 Å². The van der Waals surface area contributed by atoms with E-state index in [1.54, 1.807) is 13.0 Å². The van der Waals surface area contributed by atoms with Crippen LogP contribution < -0.4 is 25.8 Å². The van der Waals surface area contributed by atoms with Crippen molar-refractivity contribution in [2.24, 2.45) is 5.73 Å². The molecule has 2 aromatic heterocycles. The molecule has 0 aliphatic carbocycles. The van der Waals surface area contributed by atoms with Crippen molar-refractivity contribution in [1.82, 2.24) is 19.9 Å². The number of aromatic nitrogens is 3. The third-order valence-electron chi connectivity index (χ3n) is 9.62. The summed E-state index contributed by atoms with van der Waals surface area (Å²) in [5.74, 6) is -4.32. The molecule has 20 heteroatoms. The number of thioether (sulfide) groups is 1. The number of alkyl halides is 6. The second kappa shape index (κ2) is 15.6. The first-order valence-corrected chi connectivity index (χ1v) is 18.2. The summed E-state index contributed by atoms with van der Waals surface area (Å²) in [5, 5.41) is 9.29. The highest BCUT2D eigenvalue weighted by Gasteiger charge is 2.45. The van der Waals surface area contributed by atoms with Crippen LogP contribution in [-0.2, 0) is 6.18 Å². The monoisotopic (exact) mass is 828 g/mol. The average molecular weight is 829 g/mol. The summed E-state index contributed by atoms with van der Waals surface area (Å²) in [4.78, 5) is 15.4. The van der Waals surface area contributed by atoms with E-state index >= 15 is 22.0 Å². The Morgan fingerprint density at radius 1 is 1.20 bits per heavy atom. The van der Waals surface area contributed by atoms with Gasteiger partial charge in [0.25, 0.3) is 0 Å². The number of nitrogens with two attached hydrogens (primary N) is 2. The normalized spacial score (nSPS) is 17.3. The van der Waals surface area contributed by atoms with E-state index in [1.807, 2.05) is 11.9 Å². The van der Waals surface area contributed by atoms with Gasteiger partial charge in [0.15, 0.2) is 5.82 Å². The number of ether oxygens (including phenoxy) is 2. The Labute approximate surface area is 324 Å². The second-order valence-corrected chi connectivity index (χ2v) is 14.8. The van der Waals surface area contributed by atoms with Crippen molar-refractivity contribution in [3.05, 3.63) is 69.4 Å². The lowest BCUT2D eigenvalue weighted by Gasteiger charge is -2.33. The number of rotatable bonds is 10. The molecule has 1 saturated heterocycles. The highest BCUT2D eigenvalue weighted by Crippen LogP contribution is 2.53. The lowest BCUT2D eigenvalue weighted by Crippen LogP contribution is -2.38. The van der Waals surface area contributed by atoms with Gasteiger partial charge in [-0.05, 0) is 58.0 Å². The van der Waals surface area contributed by atoms with E-state index in [-0.39, 0.29) is 27.5 Å². The Morgan fingerprint density at radius 3 is 2.55 bits per heavy atom. The van der Waals surface area contributed by atoms with E-state index in [4.69, 9.17) is 32.5 Å². The van der Waals surface area contributed by atoms with Crippen LogP contribution in [0.2, 0.25) is 5.02 Å². The third kappa shape index (κ3) is 8.04. The van der Waals surface area contributed by atoms with Crippen LogP contribution >= 0.6 is 23.4 Å². The van der Waals surface area contributed by atoms with Gasteiger partial charge in [-0.2, -0.15) is 41.6 Å². The van der Waals surface area contributed by atoms with Crippen LogP contribution in [0.4, 0.5) is 46.8 Å². The Balaban J connectivity index is 1.71. The Hall–Kier alpha value is -4.80. The molecule has 2 unspecified atom stereocenters. The highest BCUT2D eigenvalue weighted by molar-refractivity contribution is 8.03. The van der Waals surface area contributed by atoms with Crippen molar-refractivity contribution < 1.29 is 44.6 Å². The number of nitrogens with zero attached hydrogens (tertiary/aromatic N) is 6. The Morgan fingerprint density at radius 2 is 1.93 bits per heavy atom. The van der Waals surface area contributed by atoms with Gasteiger partial charge in [-0.25, -0.2) is 13.8 Å². The topological polar surface area (TPSA) is 139 Å². The Bertz CT molecular complexity index is 2240. The van der Waals surface area contributed by atoms with E-state index in [0.29, 0.717) is 18.2 Å². The van der Waals surface area contributed by atoms with Crippen molar-refractivity contribution in [2.45, 2.75) is 68.0 Å². The summed E-state index contributed by atoms with van der Waals surface area (Å²) < 4.78 is 132. The van der Waals surface area contributed by atoms with Crippen LogP contribution in [0.5, 0.6) is 11.8 Å². The molecule has 0 amide bonds. The molecule has 4 aromatic rings. The minimum Gasteiger partial charge on any atom is -0.490 e. The first kappa shape index (κ1) is 40.9. The summed E-state index contributed by atoms with van der Waals surface area (Å²) in [6.07, 6.45) is -10.1. The maximum absolute atomic E-state index is 17.4. The average Bonchev–Trinajstić information content (AvgIpc) is 3.46. The molecule has 2 aliphatic heterocycles. The van der Waals surface area contributed by atoms with Crippen LogP contribution in [0.15, 0.2) is 40.9 Å². The largest absolute Gasteiger partial charge is 0.490 e. The zero-order chi connectivity index (χ0) is 40.9. The van der Waals surface area contributed by atoms with Crippen LogP contribution in [0.25, 0.3) is 22.0 Å². The van der Waals surface area contributed by atoms with Gasteiger partial charge >= 0.3 is 18.4 Å². The fourth-order valence-electron chi connectivity index (χ4n) is 7.24. The van der Waals surface area contributed by atoms with Gasteiger partial charge in [0.05, 0.1) is 38.5 Å². The summed E-state index contributed by atoms with van der Waals surface area (Å²) in [5.41, 5.74) is 6.76. The second-order valence-electron chi connectivity index (χ2n) is 13.3. The highest BCUT2D eigenvalue weighted by atomic mass is 35.5. The maximum Gasteiger partial charge on any atom is 0.420 e. The number of benzene rings is 2. The van der Waals surface area contributed by atoms with E-state index in [9.17, 15) is 18.4 Å². The predicted molar refractivity (Wildman–Crippen MR) is 194 cm³/mol. The maximum atomic E-state index is 17.4. The minimum atomic E-state index is -5.41. The van der Waals surface area contributed by atoms with Gasteiger partial charge in [0.1, 0.15) is 53.1 Å². The van der Waals surface area contributed by atoms with Crippen molar-refractivity contribution in [2.75, 3.05) is 37.4 Å². The molecular weight excluding hydrogens is 796 g/mol. The first-order valence-electron chi connectivity index (χ1n) is 17.0. The smallest absolute Gasteiger partial charge is 0.420 e. The van der Waals surface area contributed by atoms with Crippen molar-refractivity contribution in [1.29, 1.82) is 5.26 Å². The molecule has 3 atom stereocenters. The predicted octanol–water partition coefficient (Wildman–Crippen LogP) is 8.76. The number of nitriles is 1. The molecule has 0 spiro atoms. The fourth-order valence-corrected chi connectivity index (χ4v) is 8.09. The SMILES string of the molecule is C=C(N)Sc1c(F)ccc(-c2c(C(F)(F)F)c3c4c(nc(OC(C)C5CCCN5C)nc4c2F)N([C@H](CCC(F)(F)F)c2cc(Cl)cnc2N)CCO3)c1C#N. The molecule has 2 aromatic carbocycles. The number of halogens is 9. The summed E-state index contributed by atoms with van der Waals surface area (Å²) >= 11 is 6.67. The number of hydrogen-bond acceptors (Lipinski definition) is 11. The van der Waals surface area contributed by atoms with Crippen molar-refractivity contribution in [3.63, 3.8) is 0 Å². The van der Waals surface area contributed by atoms with Gasteiger partial charge in [-0.15, -0.1) is 0 Å². The molecular formula is C36H33ClF8N8O2S. The summed E-state index contributed by atoms with van der Waals surface area (Å²) in [7, 11) is 1.86. The molecule has 0 bridgehead atoms. The molecule has 4 N–H and O–H groups in total. The summed E-state index contributed by atoms with van der Waals surface area (Å²) in [6.45, 7) is 4.90. The molecule has 10 nitrogen and oxygen atoms in total. The zero-order valence-corrected chi connectivity index (χ0v) is 31.2. The van der Waals surface area contributed by atoms with Gasteiger partial charge < -0.3 is 25.8 Å². The lowest BCUT2D eigenvalue weighted by molar-refractivity contribution is -0.138. The molecule has 0 saturated carbocycles. The van der Waals surface area contributed by atoms with Gasteiger partial charge in [-0.1, -0.05) is 29.9 Å². The number of anilines is 2. The molecule has 298 valence electrons. The van der Waals surface area contributed by atoms with Gasteiger partial charge in [0.2, 0.25) is 0 Å². The van der Waals surface area contributed by atoms with Crippen molar-refractivity contribution in [3.8, 4) is 29.0 Å². The zero-order valence-electron chi connectivity index (χ0n) is 29.7. The van der Waals surface area contributed by atoms with Crippen LogP contribution in [0.3, 0.4) is 0 Å². The number of likely N-dealkylation sites (tertiary alicyclic amines) is 1. The quantitative estimate of drug-likeness (QED) is 0.117. The number of nitrogen functional groups attached to an aromatic ring is 1. The van der Waals surface area contributed by atoms with E-state index < -0.39 is 118 Å². The summed E-state index contributed by atoms with van der Waals surface area (Å²) in [6, 6.07) is 2.43. The fraction of sp³-hybridized carbons (Fsp3) is 0.389. The van der Waals surface area contributed by atoms with Gasteiger partial charge in [0, 0.05) is 35.3 Å². The molecule has 4 heterocycles. The number of pyridine rings is 1. The van der Waals surface area contributed by atoms with E-state index in [0.717, 1.165) is 25.1 Å². The lowest BCUT2D eigenvalue weighted by atomic mass is 9.91. The molecule has 56 heavy (non-hydrogen) atoms. The third-order valence-corrected chi connectivity index (χ3v) is 10.7. The molecule has 6 rings (SSSR count). The van der Waals surface area contributed by atoms with Crippen molar-refractivity contribution >= 4 is 45.9 Å². The van der Waals surface area contributed by atoms with Crippen LogP contribution in [-0.4, -0.2) is 64.9 Å². The van der Waals surface area contributed by atoms with Gasteiger partial charge in [-0.3, -0.25) is 4.90 Å². The first-order chi connectivity index (χ1) is 26.3. The Kier molecular flexibility index (Phi) is 11.4.